The Bertz CT molecular complexity index is 42.2. The molecule has 0 unspecified atom stereocenters. The van der Waals surface area contributed by atoms with Crippen LogP contribution in [0.25, 0.3) is 0 Å². The minimum Gasteiger partial charge on any atom is -0.303 e. The Labute approximate surface area is 27.0 Å². The molecule has 0 rings (SSSR count). The topological polar surface area (TPSA) is 17.1 Å². The molecule has 1 radical (unpaired) electrons. The van der Waals surface area contributed by atoms with Crippen molar-refractivity contribution in [2.24, 2.45) is 0 Å². The van der Waals surface area contributed by atoms with Gasteiger partial charge in [0, 0.05) is 6.42 Å². The van der Waals surface area contributed by atoms with Crippen LogP contribution in [0.2, 0.25) is 0 Å². The summed E-state index contributed by atoms with van der Waals surface area (Å²) in [6.07, 6.45) is 0.574. The lowest BCUT2D eigenvalue weighted by atomic mass is 10.6. The predicted octanol–water partition coefficient (Wildman–Crippen LogP) is 0.409. The van der Waals surface area contributed by atoms with E-state index < -0.39 is 6.26 Å². The van der Waals surface area contributed by atoms with Gasteiger partial charge >= 0.3 is 0 Å². The van der Waals surface area contributed by atoms with Gasteiger partial charge in [-0.05, 0) is 0 Å². The van der Waals surface area contributed by atoms with Gasteiger partial charge in [-0.15, -0.1) is 0 Å². The van der Waals surface area contributed by atoms with Crippen LogP contribution in [0.3, 0.4) is 0 Å². The number of hydrogen-bond donors (Lipinski definition) is 0. The summed E-state index contributed by atoms with van der Waals surface area (Å²) < 4.78 is 6.13. The smallest absolute Gasteiger partial charge is 0.123 e. The molecule has 0 N–H and O–H groups in total. The molecule has 1 nitrogen and oxygen atoms in total. The molecule has 0 amide bonds. The number of carbonyl (C=O) groups excluding carboxylic acids is 1. The Kier molecular flexibility index (Phi) is 1.30. The zero-order valence-electron chi connectivity index (χ0n) is 3.49. The zero-order chi connectivity index (χ0) is 4.28. The molecular weight excluding hydrogens is 52.0 g/mol. The van der Waals surface area contributed by atoms with Crippen molar-refractivity contribution < 1.29 is 6.17 Å². The summed E-state index contributed by atoms with van der Waals surface area (Å²) in [7, 11) is 0. The summed E-state index contributed by atoms with van der Waals surface area (Å²) in [4.78, 5) is 9.42. The first-order valence-electron chi connectivity index (χ1n) is 1.57. The maximum atomic E-state index is 9.42. The molecule has 0 aromatic heterocycles. The monoisotopic (exact) mass is 59.0 g/mol. The first-order valence-corrected chi connectivity index (χ1v) is 1.07. The van der Waals surface area contributed by atoms with Gasteiger partial charge in [0.25, 0.3) is 0 Å². The second-order valence-electron chi connectivity index (χ2n) is 0.407. The van der Waals surface area contributed by atoms with Gasteiger partial charge in [-0.1, -0.05) is 6.92 Å². The van der Waals surface area contributed by atoms with Gasteiger partial charge in [-0.25, -0.2) is 0 Å². The SMILES string of the molecule is [3H]C(=O)[CH]C. The first-order chi connectivity index (χ1) is 2.27. The molecule has 0 spiro atoms. The molecule has 0 aromatic rings. The van der Waals surface area contributed by atoms with Gasteiger partial charge in [0.15, 0.2) is 0 Å². The second-order valence-corrected chi connectivity index (χ2v) is 0.407. The molecule has 0 aliphatic carbocycles. The fourth-order valence-electron chi connectivity index (χ4n) is 0. The minimum atomic E-state index is -0.620. The molecule has 0 heterocycles. The maximum absolute atomic E-state index is 9.42. The van der Waals surface area contributed by atoms with Crippen molar-refractivity contribution in [2.75, 3.05) is 0 Å². The van der Waals surface area contributed by atoms with Crippen molar-refractivity contribution in [1.29, 1.82) is 0 Å². The van der Waals surface area contributed by atoms with Gasteiger partial charge in [0.2, 0.25) is 0 Å². The van der Waals surface area contributed by atoms with Gasteiger partial charge in [-0.3, -0.25) is 0 Å². The van der Waals surface area contributed by atoms with Crippen molar-refractivity contribution in [2.45, 2.75) is 6.92 Å². The summed E-state index contributed by atoms with van der Waals surface area (Å²) >= 11 is 0. The summed E-state index contributed by atoms with van der Waals surface area (Å²) in [6.45, 7) is 1.54. The van der Waals surface area contributed by atoms with E-state index in [2.05, 4.69) is 0 Å². The molecule has 0 aliphatic heterocycles. The predicted molar refractivity (Wildman–Crippen MR) is 16.0 cm³/mol. The van der Waals surface area contributed by atoms with Crippen LogP contribution in [0.4, 0.5) is 0 Å². The molecule has 0 atom stereocenters. The summed E-state index contributed by atoms with van der Waals surface area (Å²) in [5, 5.41) is 0. The molecule has 23 valence electrons. The van der Waals surface area contributed by atoms with Crippen LogP contribution >= 0.6 is 0 Å². The first kappa shape index (κ1) is 1.94. The van der Waals surface area contributed by atoms with E-state index in [4.69, 9.17) is 1.37 Å². The average molecular weight is 59.1 g/mol. The Morgan fingerprint density at radius 1 is 2.25 bits per heavy atom. The van der Waals surface area contributed by atoms with Crippen molar-refractivity contribution >= 4 is 6.26 Å². The van der Waals surface area contributed by atoms with E-state index in [9.17, 15) is 4.79 Å². The highest BCUT2D eigenvalue weighted by atomic mass is 16.1. The lowest BCUT2D eigenvalue weighted by Crippen LogP contribution is -1.57. The minimum absolute atomic E-state index is 0.620. The Morgan fingerprint density at radius 3 is 2.50 bits per heavy atom. The van der Waals surface area contributed by atoms with E-state index in [1.165, 1.54) is 13.3 Å². The lowest BCUT2D eigenvalue weighted by Gasteiger charge is -1.50. The molecule has 0 bridgehead atoms. The van der Waals surface area contributed by atoms with E-state index in [0.29, 0.717) is 0 Å². The van der Waals surface area contributed by atoms with Crippen molar-refractivity contribution in [3.63, 3.8) is 0 Å². The quantitative estimate of drug-likeness (QED) is 0.400. The van der Waals surface area contributed by atoms with Crippen molar-refractivity contribution in [3.05, 3.63) is 6.42 Å². The molecule has 0 aliphatic rings. The van der Waals surface area contributed by atoms with E-state index in [1.807, 2.05) is 0 Å². The highest BCUT2D eigenvalue weighted by molar-refractivity contribution is 5.59. The van der Waals surface area contributed by atoms with Crippen LogP contribution in [0.15, 0.2) is 0 Å². The van der Waals surface area contributed by atoms with Crippen LogP contribution in [0, 0.1) is 6.42 Å². The average Bonchev–Trinajstić information content (AvgIpc) is 1.38. The summed E-state index contributed by atoms with van der Waals surface area (Å²) in [6, 6.07) is 0. The van der Waals surface area contributed by atoms with Gasteiger partial charge in [0.1, 0.15) is 7.63 Å². The molecular formula is C3H5O. The maximum Gasteiger partial charge on any atom is 0.123 e. The van der Waals surface area contributed by atoms with Gasteiger partial charge in [0.05, 0.1) is 0 Å². The van der Waals surface area contributed by atoms with Crippen LogP contribution in [-0.2, 0) is 4.79 Å². The van der Waals surface area contributed by atoms with E-state index in [0.717, 1.165) is 0 Å². The Hall–Kier alpha value is -0.330. The lowest BCUT2D eigenvalue weighted by molar-refractivity contribution is -0.105. The van der Waals surface area contributed by atoms with Crippen LogP contribution < -0.4 is 0 Å². The molecule has 4 heavy (non-hydrogen) atoms. The van der Waals surface area contributed by atoms with Crippen molar-refractivity contribution in [3.8, 4) is 0 Å². The van der Waals surface area contributed by atoms with Gasteiger partial charge < -0.3 is 4.79 Å². The third kappa shape index (κ3) is 1.67. The fraction of sp³-hybridized carbons (Fsp3) is 0.333. The second kappa shape index (κ2) is 2.67. The largest absolute Gasteiger partial charge is 0.303 e. The van der Waals surface area contributed by atoms with Crippen LogP contribution in [0.5, 0.6) is 0 Å². The Balaban J connectivity index is 2.85. The third-order valence-electron chi connectivity index (χ3n) is 0.118. The van der Waals surface area contributed by atoms with Crippen molar-refractivity contribution in [1.82, 2.24) is 0 Å². The van der Waals surface area contributed by atoms with E-state index in [1.54, 1.807) is 0 Å². The van der Waals surface area contributed by atoms with Crippen LogP contribution in [-0.4, -0.2) is 6.26 Å². The highest BCUT2D eigenvalue weighted by Crippen LogP contribution is 1.50. The molecule has 0 fully saturated rings. The van der Waals surface area contributed by atoms with Gasteiger partial charge in [-0.2, -0.15) is 0 Å². The number of hydrogen-bond acceptors (Lipinski definition) is 1. The zero-order valence-corrected chi connectivity index (χ0v) is 2.49. The van der Waals surface area contributed by atoms with E-state index >= 15 is 0 Å². The highest BCUT2D eigenvalue weighted by Gasteiger charge is 1.53. The summed E-state index contributed by atoms with van der Waals surface area (Å²) in [5.74, 6) is 0. The fourth-order valence-corrected chi connectivity index (χ4v) is 0. The Morgan fingerprint density at radius 2 is 2.50 bits per heavy atom. The summed E-state index contributed by atoms with van der Waals surface area (Å²) in [5.41, 5.74) is 0. The number of aldehydes is 1. The number of carbonyl (C=O) groups is 1. The van der Waals surface area contributed by atoms with E-state index in [-0.39, 0.29) is 0 Å². The molecule has 0 aromatic carbocycles. The normalized spacial score (nSPS) is 9.75. The number of rotatable bonds is 1. The van der Waals surface area contributed by atoms with Crippen LogP contribution in [0.1, 0.15) is 8.29 Å². The molecule has 0 saturated carbocycles. The molecule has 1 heteroatoms. The third-order valence-corrected chi connectivity index (χ3v) is 0.118. The molecule has 0 saturated heterocycles. The standard InChI is InChI=1S/C3H5O/c1-2-3-4/h2-3H,1H3/i3T.